The first-order chi connectivity index (χ1) is 13.0. The molecule has 6 nitrogen and oxygen atoms in total. The fraction of sp³-hybridized carbons (Fsp3) is 0.190. The van der Waals surface area contributed by atoms with E-state index in [4.69, 9.17) is 0 Å². The van der Waals surface area contributed by atoms with Crippen LogP contribution in [0, 0.1) is 6.92 Å². The molecule has 0 radical (unpaired) electrons. The van der Waals surface area contributed by atoms with Crippen molar-refractivity contribution in [1.82, 2.24) is 14.9 Å². The van der Waals surface area contributed by atoms with E-state index in [-0.39, 0.29) is 29.3 Å². The highest BCUT2D eigenvalue weighted by molar-refractivity contribution is 5.97. The number of aryl methyl sites for hydroxylation is 1. The summed E-state index contributed by atoms with van der Waals surface area (Å²) in [6, 6.07) is 14.4. The zero-order chi connectivity index (χ0) is 19.0. The lowest BCUT2D eigenvalue weighted by atomic mass is 10.0. The van der Waals surface area contributed by atoms with Crippen LogP contribution in [0.4, 0.5) is 0 Å². The molecule has 0 unspecified atom stereocenters. The molecule has 1 amide bonds. The van der Waals surface area contributed by atoms with Crippen LogP contribution >= 0.6 is 0 Å². The number of benzene rings is 2. The van der Waals surface area contributed by atoms with Crippen molar-refractivity contribution in [2.45, 2.75) is 19.9 Å². The Morgan fingerprint density at radius 3 is 2.74 bits per heavy atom. The summed E-state index contributed by atoms with van der Waals surface area (Å²) in [5.41, 5.74) is 3.04. The minimum absolute atomic E-state index is 0.0414. The minimum Gasteiger partial charge on any atom is -0.507 e. The predicted molar refractivity (Wildman–Crippen MR) is 102 cm³/mol. The number of fused-ring (bicyclic) bond motifs is 1. The van der Waals surface area contributed by atoms with Crippen molar-refractivity contribution in [2.75, 3.05) is 6.54 Å². The van der Waals surface area contributed by atoms with Gasteiger partial charge in [-0.15, -0.1) is 0 Å². The number of phenols is 1. The summed E-state index contributed by atoms with van der Waals surface area (Å²) in [6.45, 7) is 2.52. The minimum atomic E-state index is -0.259. The van der Waals surface area contributed by atoms with E-state index in [9.17, 15) is 14.7 Å². The number of H-pyrrole nitrogens is 1. The molecule has 2 N–H and O–H groups in total. The number of aromatic amines is 1. The average Bonchev–Trinajstić information content (AvgIpc) is 2.69. The summed E-state index contributed by atoms with van der Waals surface area (Å²) < 4.78 is 0. The van der Waals surface area contributed by atoms with Crippen molar-refractivity contribution in [3.63, 3.8) is 0 Å². The maximum Gasteiger partial charge on any atom is 0.257 e. The first-order valence-corrected chi connectivity index (χ1v) is 8.79. The van der Waals surface area contributed by atoms with Crippen LogP contribution in [0.15, 0.2) is 53.3 Å². The molecule has 2 aromatic carbocycles. The molecule has 0 fully saturated rings. The third-order valence-electron chi connectivity index (χ3n) is 4.79. The second-order valence-corrected chi connectivity index (χ2v) is 6.70. The molecule has 2 heterocycles. The highest BCUT2D eigenvalue weighted by Gasteiger charge is 2.26. The maximum absolute atomic E-state index is 12.9. The van der Waals surface area contributed by atoms with E-state index >= 15 is 0 Å². The number of rotatable bonds is 2. The number of nitrogens with one attached hydrogen (secondary N) is 1. The van der Waals surface area contributed by atoms with Crippen molar-refractivity contribution in [2.24, 2.45) is 0 Å². The summed E-state index contributed by atoms with van der Waals surface area (Å²) in [6.07, 6.45) is 0.436. The molecule has 0 aliphatic carbocycles. The molecule has 1 aliphatic heterocycles. The number of hydrogen-bond acceptors (Lipinski definition) is 4. The third kappa shape index (κ3) is 3.21. The molecule has 3 aromatic rings. The number of phenolic OH excluding ortho intramolecular Hbond substituents is 1. The molecule has 1 aromatic heterocycles. The highest BCUT2D eigenvalue weighted by atomic mass is 16.3. The summed E-state index contributed by atoms with van der Waals surface area (Å²) in [5, 5.41) is 10.1. The number of nitrogens with zero attached hydrogens (tertiary/aromatic N) is 2. The van der Waals surface area contributed by atoms with E-state index in [1.165, 1.54) is 6.07 Å². The van der Waals surface area contributed by atoms with Gasteiger partial charge in [-0.3, -0.25) is 9.59 Å². The second-order valence-electron chi connectivity index (χ2n) is 6.70. The molecule has 0 spiro atoms. The van der Waals surface area contributed by atoms with Gasteiger partial charge in [-0.2, -0.15) is 0 Å². The van der Waals surface area contributed by atoms with Crippen molar-refractivity contribution in [3.05, 3.63) is 81.3 Å². The van der Waals surface area contributed by atoms with Crippen molar-refractivity contribution in [3.8, 4) is 17.1 Å². The Bertz CT molecular complexity index is 1070. The summed E-state index contributed by atoms with van der Waals surface area (Å²) in [4.78, 5) is 34.4. The Kier molecular flexibility index (Phi) is 4.24. The number of hydrogen-bond donors (Lipinski definition) is 2. The van der Waals surface area contributed by atoms with Crippen LogP contribution in [-0.4, -0.2) is 32.4 Å². The second kappa shape index (κ2) is 6.72. The molecule has 0 saturated carbocycles. The van der Waals surface area contributed by atoms with E-state index in [1.54, 1.807) is 17.0 Å². The van der Waals surface area contributed by atoms with Crippen molar-refractivity contribution < 1.29 is 9.90 Å². The van der Waals surface area contributed by atoms with Crippen LogP contribution in [0.25, 0.3) is 11.4 Å². The summed E-state index contributed by atoms with van der Waals surface area (Å²) in [5.74, 6) is 0.192. The Balaban J connectivity index is 1.68. The Morgan fingerprint density at radius 1 is 1.19 bits per heavy atom. The number of amides is 1. The van der Waals surface area contributed by atoms with Crippen LogP contribution in [0.5, 0.6) is 5.75 Å². The van der Waals surface area contributed by atoms with Crippen LogP contribution in [-0.2, 0) is 13.0 Å². The van der Waals surface area contributed by atoms with Crippen LogP contribution in [0.3, 0.4) is 0 Å². The van der Waals surface area contributed by atoms with Gasteiger partial charge in [0, 0.05) is 17.7 Å². The first-order valence-electron chi connectivity index (χ1n) is 8.79. The third-order valence-corrected chi connectivity index (χ3v) is 4.79. The normalized spacial score (nSPS) is 13.3. The first kappa shape index (κ1) is 17.0. The lowest BCUT2D eigenvalue weighted by molar-refractivity contribution is 0.0728. The molecule has 27 heavy (non-hydrogen) atoms. The zero-order valence-corrected chi connectivity index (χ0v) is 14.9. The molecule has 1 aliphatic rings. The number of aromatic hydroxyl groups is 1. The van der Waals surface area contributed by atoms with Gasteiger partial charge in [0.05, 0.1) is 17.8 Å². The van der Waals surface area contributed by atoms with Crippen LogP contribution in [0.1, 0.15) is 27.2 Å². The van der Waals surface area contributed by atoms with E-state index in [2.05, 4.69) is 9.97 Å². The molecule has 136 valence electrons. The SMILES string of the molecule is Cc1ccc(O)c(C(=O)N2CCc3c(nc(-c4ccccc4)[nH]c3=O)C2)c1. The van der Waals surface area contributed by atoms with Gasteiger partial charge in [0.1, 0.15) is 11.6 Å². The van der Waals surface area contributed by atoms with Gasteiger partial charge >= 0.3 is 0 Å². The van der Waals surface area contributed by atoms with Crippen LogP contribution < -0.4 is 5.56 Å². The number of aromatic nitrogens is 2. The maximum atomic E-state index is 12.9. The van der Waals surface area contributed by atoms with Crippen molar-refractivity contribution >= 4 is 5.91 Å². The molecule has 0 atom stereocenters. The van der Waals surface area contributed by atoms with Gasteiger partial charge in [0.15, 0.2) is 0 Å². The molecule has 0 bridgehead atoms. The largest absolute Gasteiger partial charge is 0.507 e. The standard InChI is InChI=1S/C21H19N3O3/c1-13-7-8-18(25)16(11-13)21(27)24-10-9-15-17(12-24)22-19(23-20(15)26)14-5-3-2-4-6-14/h2-8,11,25H,9-10,12H2,1H3,(H,22,23,26). The van der Waals surface area contributed by atoms with Gasteiger partial charge in [-0.25, -0.2) is 4.98 Å². The van der Waals surface area contributed by atoms with E-state index < -0.39 is 0 Å². The highest BCUT2D eigenvalue weighted by Crippen LogP contribution is 2.24. The van der Waals surface area contributed by atoms with Crippen LogP contribution in [0.2, 0.25) is 0 Å². The number of carbonyl (C=O) groups is 1. The monoisotopic (exact) mass is 361 g/mol. The van der Waals surface area contributed by atoms with E-state index in [0.717, 1.165) is 11.1 Å². The lowest BCUT2D eigenvalue weighted by Gasteiger charge is -2.28. The molecular formula is C21H19N3O3. The topological polar surface area (TPSA) is 86.3 Å². The van der Waals surface area contributed by atoms with E-state index in [0.29, 0.717) is 30.0 Å². The molecule has 0 saturated heterocycles. The lowest BCUT2D eigenvalue weighted by Crippen LogP contribution is -2.39. The number of carbonyl (C=O) groups excluding carboxylic acids is 1. The van der Waals surface area contributed by atoms with Gasteiger partial charge in [0.2, 0.25) is 0 Å². The fourth-order valence-electron chi connectivity index (χ4n) is 3.34. The Hall–Kier alpha value is -3.41. The molecule has 6 heteroatoms. The fourth-order valence-corrected chi connectivity index (χ4v) is 3.34. The average molecular weight is 361 g/mol. The molecular weight excluding hydrogens is 342 g/mol. The van der Waals surface area contributed by atoms with Gasteiger partial charge in [0.25, 0.3) is 11.5 Å². The Morgan fingerprint density at radius 2 is 1.96 bits per heavy atom. The van der Waals surface area contributed by atoms with E-state index in [1.807, 2.05) is 37.3 Å². The van der Waals surface area contributed by atoms with Gasteiger partial charge < -0.3 is 15.0 Å². The smallest absolute Gasteiger partial charge is 0.257 e. The zero-order valence-electron chi connectivity index (χ0n) is 14.9. The van der Waals surface area contributed by atoms with Crippen molar-refractivity contribution in [1.29, 1.82) is 0 Å². The predicted octanol–water partition coefficient (Wildman–Crippen LogP) is 2.65. The molecule has 4 rings (SSSR count). The Labute approximate surface area is 156 Å². The van der Waals surface area contributed by atoms with Gasteiger partial charge in [-0.1, -0.05) is 42.0 Å². The quantitative estimate of drug-likeness (QED) is 0.735. The summed E-state index contributed by atoms with van der Waals surface area (Å²) in [7, 11) is 0. The van der Waals surface area contributed by atoms with Gasteiger partial charge in [-0.05, 0) is 25.5 Å². The summed E-state index contributed by atoms with van der Waals surface area (Å²) >= 11 is 0.